The van der Waals surface area contributed by atoms with Gasteiger partial charge in [-0.25, -0.2) is 4.98 Å². The van der Waals surface area contributed by atoms with Crippen molar-refractivity contribution in [2.75, 3.05) is 6.54 Å². The molecule has 0 saturated heterocycles. The molecular formula is C23H26N4OS. The second-order valence-corrected chi connectivity index (χ2v) is 9.02. The first-order valence-electron chi connectivity index (χ1n) is 10.6. The van der Waals surface area contributed by atoms with Gasteiger partial charge in [-0.2, -0.15) is 11.3 Å². The van der Waals surface area contributed by atoms with Crippen LogP contribution in [0, 0.1) is 0 Å². The maximum Gasteiger partial charge on any atom is 0.255 e. The van der Waals surface area contributed by atoms with Crippen molar-refractivity contribution in [2.24, 2.45) is 0 Å². The highest BCUT2D eigenvalue weighted by Gasteiger charge is 2.24. The normalized spacial score (nSPS) is 17.9. The van der Waals surface area contributed by atoms with E-state index in [-0.39, 0.29) is 5.56 Å². The molecule has 4 heterocycles. The molecule has 2 aliphatic rings. The Morgan fingerprint density at radius 1 is 1.17 bits per heavy atom. The number of aromatic nitrogens is 3. The Balaban J connectivity index is 1.29. The molecule has 3 aromatic heterocycles. The van der Waals surface area contributed by atoms with E-state index in [2.05, 4.69) is 43.8 Å². The second kappa shape index (κ2) is 8.20. The number of hydrogen-bond donors (Lipinski definition) is 1. The fourth-order valence-corrected chi connectivity index (χ4v) is 5.21. The number of rotatable bonds is 4. The van der Waals surface area contributed by atoms with Crippen molar-refractivity contribution in [3.05, 3.63) is 68.2 Å². The molecule has 1 N–H and O–H groups in total. The number of fused-ring (bicyclic) bond motifs is 1. The molecule has 1 saturated carbocycles. The molecule has 0 radical (unpaired) electrons. The molecule has 0 atom stereocenters. The molecule has 29 heavy (non-hydrogen) atoms. The van der Waals surface area contributed by atoms with E-state index in [1.807, 2.05) is 6.20 Å². The summed E-state index contributed by atoms with van der Waals surface area (Å²) in [6.45, 7) is 2.40. The van der Waals surface area contributed by atoms with Crippen LogP contribution in [-0.4, -0.2) is 26.4 Å². The van der Waals surface area contributed by atoms with Gasteiger partial charge in [0.05, 0.1) is 17.0 Å². The van der Waals surface area contributed by atoms with Gasteiger partial charge in [-0.05, 0) is 35.9 Å². The van der Waals surface area contributed by atoms with Gasteiger partial charge in [0, 0.05) is 49.1 Å². The number of aromatic amines is 1. The van der Waals surface area contributed by atoms with Crippen LogP contribution in [0.2, 0.25) is 0 Å². The first-order chi connectivity index (χ1) is 14.3. The molecule has 1 aliphatic heterocycles. The number of nitrogens with zero attached hydrogens (tertiary/aromatic N) is 3. The van der Waals surface area contributed by atoms with Crippen molar-refractivity contribution in [3.63, 3.8) is 0 Å². The van der Waals surface area contributed by atoms with E-state index in [4.69, 9.17) is 4.98 Å². The van der Waals surface area contributed by atoms with Crippen molar-refractivity contribution < 1.29 is 0 Å². The molecule has 1 aliphatic carbocycles. The fraction of sp³-hybridized carbons (Fsp3) is 0.435. The number of pyridine rings is 1. The first kappa shape index (κ1) is 18.7. The molecule has 0 unspecified atom stereocenters. The molecule has 150 valence electrons. The number of nitrogens with one attached hydrogen (secondary N) is 1. The highest BCUT2D eigenvalue weighted by Crippen LogP contribution is 2.31. The average Bonchev–Trinajstić information content (AvgIpc) is 3.30. The van der Waals surface area contributed by atoms with Gasteiger partial charge in [0.15, 0.2) is 0 Å². The lowest BCUT2D eigenvalue weighted by atomic mass is 9.88. The van der Waals surface area contributed by atoms with Crippen molar-refractivity contribution in [3.8, 4) is 11.3 Å². The van der Waals surface area contributed by atoms with Crippen molar-refractivity contribution >= 4 is 11.3 Å². The molecule has 0 bridgehead atoms. The van der Waals surface area contributed by atoms with Gasteiger partial charge in [-0.3, -0.25) is 14.7 Å². The zero-order chi connectivity index (χ0) is 19.6. The molecule has 1 fully saturated rings. The number of thiophene rings is 1. The Kier molecular flexibility index (Phi) is 5.29. The predicted octanol–water partition coefficient (Wildman–Crippen LogP) is 4.50. The fourth-order valence-electron chi connectivity index (χ4n) is 4.56. The standard InChI is InChI=1S/C23H26N4OS/c28-23-19-14-27(13-16-6-7-20(24-12-16)18-9-11-29-15-18)10-8-21(19)25-22(26-23)17-4-2-1-3-5-17/h6-7,9,11-12,15,17H,1-5,8,10,13-14H2,(H,25,26,28). The summed E-state index contributed by atoms with van der Waals surface area (Å²) < 4.78 is 0. The minimum atomic E-state index is 0.0613. The third-order valence-corrected chi connectivity index (χ3v) is 6.89. The Hall–Kier alpha value is -2.31. The molecule has 0 aromatic carbocycles. The third-order valence-electron chi connectivity index (χ3n) is 6.21. The topological polar surface area (TPSA) is 61.9 Å². The van der Waals surface area contributed by atoms with Gasteiger partial charge in [-0.1, -0.05) is 25.3 Å². The van der Waals surface area contributed by atoms with Crippen molar-refractivity contribution in [1.82, 2.24) is 19.9 Å². The second-order valence-electron chi connectivity index (χ2n) is 8.24. The van der Waals surface area contributed by atoms with Gasteiger partial charge in [-0.15, -0.1) is 0 Å². The Morgan fingerprint density at radius 3 is 2.83 bits per heavy atom. The third kappa shape index (κ3) is 4.05. The average molecular weight is 407 g/mol. The SMILES string of the molecule is O=c1[nH]c(C2CCCCC2)nc2c1CN(Cc1ccc(-c3ccsc3)nc1)CC2. The number of H-pyrrole nitrogens is 1. The number of hydrogen-bond acceptors (Lipinski definition) is 5. The van der Waals surface area contributed by atoms with Gasteiger partial charge < -0.3 is 4.98 Å². The summed E-state index contributed by atoms with van der Waals surface area (Å²) in [6, 6.07) is 6.32. The summed E-state index contributed by atoms with van der Waals surface area (Å²) in [7, 11) is 0. The zero-order valence-electron chi connectivity index (χ0n) is 16.6. The van der Waals surface area contributed by atoms with Crippen LogP contribution in [0.25, 0.3) is 11.3 Å². The van der Waals surface area contributed by atoms with Crippen molar-refractivity contribution in [1.29, 1.82) is 0 Å². The van der Waals surface area contributed by atoms with Crippen LogP contribution in [-0.2, 0) is 19.5 Å². The molecule has 5 rings (SSSR count). The molecule has 3 aromatic rings. The van der Waals surface area contributed by atoms with Crippen LogP contribution < -0.4 is 5.56 Å². The maximum atomic E-state index is 12.8. The van der Waals surface area contributed by atoms with Crippen LogP contribution in [0.1, 0.15) is 60.7 Å². The van der Waals surface area contributed by atoms with Gasteiger partial charge in [0.25, 0.3) is 5.56 Å². The minimum absolute atomic E-state index is 0.0613. The van der Waals surface area contributed by atoms with E-state index in [1.165, 1.54) is 30.4 Å². The van der Waals surface area contributed by atoms with E-state index in [0.717, 1.165) is 55.1 Å². The lowest BCUT2D eigenvalue weighted by molar-refractivity contribution is 0.240. The van der Waals surface area contributed by atoms with Crippen LogP contribution in [0.5, 0.6) is 0 Å². The van der Waals surface area contributed by atoms with Crippen LogP contribution in [0.3, 0.4) is 0 Å². The van der Waals surface area contributed by atoms with Crippen molar-refractivity contribution in [2.45, 2.75) is 57.5 Å². The van der Waals surface area contributed by atoms with E-state index in [9.17, 15) is 4.79 Å². The van der Waals surface area contributed by atoms with Gasteiger partial charge in [0.1, 0.15) is 5.82 Å². The van der Waals surface area contributed by atoms with Gasteiger partial charge >= 0.3 is 0 Å². The lowest BCUT2D eigenvalue weighted by Crippen LogP contribution is -2.36. The Morgan fingerprint density at radius 2 is 2.07 bits per heavy atom. The summed E-state index contributed by atoms with van der Waals surface area (Å²) in [5.41, 5.74) is 5.27. The highest BCUT2D eigenvalue weighted by atomic mass is 32.1. The van der Waals surface area contributed by atoms with E-state index in [0.29, 0.717) is 12.5 Å². The minimum Gasteiger partial charge on any atom is -0.310 e. The molecule has 5 nitrogen and oxygen atoms in total. The lowest BCUT2D eigenvalue weighted by Gasteiger charge is -2.28. The van der Waals surface area contributed by atoms with Crippen LogP contribution in [0.15, 0.2) is 40.0 Å². The zero-order valence-corrected chi connectivity index (χ0v) is 17.4. The predicted molar refractivity (Wildman–Crippen MR) is 116 cm³/mol. The summed E-state index contributed by atoms with van der Waals surface area (Å²) in [5.74, 6) is 1.36. The van der Waals surface area contributed by atoms with E-state index < -0.39 is 0 Å². The molecule has 0 spiro atoms. The molecular weight excluding hydrogens is 380 g/mol. The van der Waals surface area contributed by atoms with Crippen LogP contribution in [0.4, 0.5) is 0 Å². The molecule has 0 amide bonds. The monoisotopic (exact) mass is 406 g/mol. The largest absolute Gasteiger partial charge is 0.310 e. The summed E-state index contributed by atoms with van der Waals surface area (Å²) >= 11 is 1.69. The maximum absolute atomic E-state index is 12.8. The quantitative estimate of drug-likeness (QED) is 0.693. The van der Waals surface area contributed by atoms with Gasteiger partial charge in [0.2, 0.25) is 0 Å². The van der Waals surface area contributed by atoms with E-state index >= 15 is 0 Å². The highest BCUT2D eigenvalue weighted by molar-refractivity contribution is 7.08. The summed E-state index contributed by atoms with van der Waals surface area (Å²) in [4.78, 5) is 27.7. The Labute approximate surface area is 174 Å². The Bertz CT molecular complexity index is 1020. The molecule has 6 heteroatoms. The summed E-state index contributed by atoms with van der Waals surface area (Å²) in [5, 5.41) is 4.19. The van der Waals surface area contributed by atoms with Crippen LogP contribution >= 0.6 is 11.3 Å². The van der Waals surface area contributed by atoms with E-state index in [1.54, 1.807) is 11.3 Å². The summed E-state index contributed by atoms with van der Waals surface area (Å²) in [6.07, 6.45) is 8.92. The smallest absolute Gasteiger partial charge is 0.255 e. The first-order valence-corrected chi connectivity index (χ1v) is 11.5.